The minimum atomic E-state index is -4.55. The molecule has 0 radical (unpaired) electrons. The second-order valence-corrected chi connectivity index (χ2v) is 4.57. The summed E-state index contributed by atoms with van der Waals surface area (Å²) in [6, 6.07) is 3.63. The molecule has 1 aromatic heterocycles. The number of halogens is 3. The van der Waals surface area contributed by atoms with Crippen molar-refractivity contribution in [3.05, 3.63) is 18.3 Å². The van der Waals surface area contributed by atoms with Crippen molar-refractivity contribution < 1.29 is 17.9 Å². The summed E-state index contributed by atoms with van der Waals surface area (Å²) < 4.78 is 39.4. The Bertz CT molecular complexity index is 416. The van der Waals surface area contributed by atoms with Crippen LogP contribution >= 0.6 is 0 Å². The van der Waals surface area contributed by atoms with Crippen LogP contribution in [0.3, 0.4) is 0 Å². The fourth-order valence-corrected chi connectivity index (χ4v) is 2.08. The molecule has 2 rings (SSSR count). The van der Waals surface area contributed by atoms with E-state index in [0.29, 0.717) is 18.8 Å². The molecule has 1 fully saturated rings. The molecule has 1 aliphatic rings. The zero-order valence-corrected chi connectivity index (χ0v) is 10.9. The van der Waals surface area contributed by atoms with Gasteiger partial charge in [-0.15, -0.1) is 13.2 Å². The molecule has 0 aliphatic carbocycles. The third-order valence-corrected chi connectivity index (χ3v) is 3.14. The van der Waals surface area contributed by atoms with Gasteiger partial charge in [-0.25, -0.2) is 4.98 Å². The van der Waals surface area contributed by atoms with E-state index in [9.17, 15) is 13.2 Å². The molecule has 0 unspecified atom stereocenters. The molecule has 0 bridgehead atoms. The Kier molecular flexibility index (Phi) is 4.66. The summed E-state index contributed by atoms with van der Waals surface area (Å²) in [6.45, 7) is 2.78. The Morgan fingerprint density at radius 2 is 1.90 bits per heavy atom. The number of alkyl halides is 3. The molecule has 0 atom stereocenters. The van der Waals surface area contributed by atoms with E-state index in [0.717, 1.165) is 18.9 Å². The summed E-state index contributed by atoms with van der Waals surface area (Å²) in [7, 11) is 0. The van der Waals surface area contributed by atoms with Gasteiger partial charge >= 0.3 is 6.36 Å². The second-order valence-electron chi connectivity index (χ2n) is 4.57. The Labute approximate surface area is 115 Å². The maximum absolute atomic E-state index is 11.9. The first-order valence-electron chi connectivity index (χ1n) is 6.33. The molecule has 112 valence electrons. The maximum Gasteiger partial charge on any atom is 0.522 e. The summed E-state index contributed by atoms with van der Waals surface area (Å²) in [5.41, 5.74) is 6.18. The van der Waals surface area contributed by atoms with Crippen molar-refractivity contribution in [2.75, 3.05) is 50.0 Å². The van der Waals surface area contributed by atoms with Crippen LogP contribution in [0.4, 0.5) is 24.7 Å². The molecule has 1 aromatic rings. The second kappa shape index (κ2) is 6.27. The van der Waals surface area contributed by atoms with E-state index in [2.05, 4.69) is 14.6 Å². The fourth-order valence-electron chi connectivity index (χ4n) is 2.08. The lowest BCUT2D eigenvalue weighted by Crippen LogP contribution is -2.47. The number of rotatable bonds is 4. The van der Waals surface area contributed by atoms with Gasteiger partial charge in [-0.2, -0.15) is 0 Å². The summed E-state index contributed by atoms with van der Waals surface area (Å²) in [6.07, 6.45) is -2.95. The average molecular weight is 290 g/mol. The zero-order chi connectivity index (χ0) is 14.6. The summed E-state index contributed by atoms with van der Waals surface area (Å²) >= 11 is 0. The largest absolute Gasteiger partial charge is 0.522 e. The van der Waals surface area contributed by atoms with E-state index in [1.807, 2.05) is 11.0 Å². The van der Waals surface area contributed by atoms with Gasteiger partial charge < -0.3 is 10.6 Å². The summed E-state index contributed by atoms with van der Waals surface area (Å²) in [4.78, 5) is 8.26. The highest BCUT2D eigenvalue weighted by molar-refractivity contribution is 5.46. The van der Waals surface area contributed by atoms with Gasteiger partial charge in [0.25, 0.3) is 0 Å². The molecule has 2 N–H and O–H groups in total. The van der Waals surface area contributed by atoms with Crippen LogP contribution in [-0.4, -0.2) is 55.6 Å². The van der Waals surface area contributed by atoms with Crippen LogP contribution in [-0.2, 0) is 4.74 Å². The van der Waals surface area contributed by atoms with E-state index >= 15 is 0 Å². The van der Waals surface area contributed by atoms with Crippen LogP contribution < -0.4 is 10.6 Å². The lowest BCUT2D eigenvalue weighted by molar-refractivity contribution is -0.325. The SMILES string of the molecule is Nc1ccc(N2CCN(CCOC(F)(F)F)CC2)nc1. The Morgan fingerprint density at radius 1 is 1.20 bits per heavy atom. The molecule has 1 aliphatic heterocycles. The molecule has 0 spiro atoms. The van der Waals surface area contributed by atoms with Gasteiger partial charge in [0.05, 0.1) is 18.5 Å². The molecule has 5 nitrogen and oxygen atoms in total. The molecular weight excluding hydrogens is 273 g/mol. The van der Waals surface area contributed by atoms with Crippen LogP contribution in [0.1, 0.15) is 0 Å². The van der Waals surface area contributed by atoms with E-state index < -0.39 is 6.36 Å². The minimum absolute atomic E-state index is 0.280. The fraction of sp³-hybridized carbons (Fsp3) is 0.583. The van der Waals surface area contributed by atoms with Crippen molar-refractivity contribution in [2.24, 2.45) is 0 Å². The number of nitrogens with zero attached hydrogens (tertiary/aromatic N) is 3. The lowest BCUT2D eigenvalue weighted by atomic mass is 10.3. The number of piperazine rings is 1. The summed E-state index contributed by atoms with van der Waals surface area (Å²) in [5.74, 6) is 0.838. The number of aromatic nitrogens is 1. The number of ether oxygens (including phenoxy) is 1. The van der Waals surface area contributed by atoms with Crippen LogP contribution in [0.5, 0.6) is 0 Å². The molecule has 8 heteroatoms. The Hall–Kier alpha value is -1.54. The van der Waals surface area contributed by atoms with Crippen molar-refractivity contribution in [3.8, 4) is 0 Å². The predicted molar refractivity (Wildman–Crippen MR) is 69.3 cm³/mol. The predicted octanol–water partition coefficient (Wildman–Crippen LogP) is 1.32. The van der Waals surface area contributed by atoms with Gasteiger partial charge in [0, 0.05) is 32.7 Å². The van der Waals surface area contributed by atoms with Gasteiger partial charge in [-0.3, -0.25) is 9.64 Å². The van der Waals surface area contributed by atoms with Gasteiger partial charge in [0.1, 0.15) is 5.82 Å². The highest BCUT2D eigenvalue weighted by atomic mass is 19.4. The maximum atomic E-state index is 11.9. The van der Waals surface area contributed by atoms with Crippen molar-refractivity contribution in [3.63, 3.8) is 0 Å². The molecular formula is C12H17F3N4O. The van der Waals surface area contributed by atoms with E-state index in [4.69, 9.17) is 5.73 Å². The first kappa shape index (κ1) is 14.9. The van der Waals surface area contributed by atoms with Crippen LogP contribution in [0.2, 0.25) is 0 Å². The van der Waals surface area contributed by atoms with E-state index in [1.54, 1.807) is 12.3 Å². The Balaban J connectivity index is 1.74. The number of nitrogens with two attached hydrogens (primary N) is 1. The average Bonchev–Trinajstić information content (AvgIpc) is 2.39. The first-order chi connectivity index (χ1) is 9.44. The highest BCUT2D eigenvalue weighted by Gasteiger charge is 2.29. The number of hydrogen-bond donors (Lipinski definition) is 1. The summed E-state index contributed by atoms with van der Waals surface area (Å²) in [5, 5.41) is 0. The first-order valence-corrected chi connectivity index (χ1v) is 6.33. The molecule has 0 amide bonds. The molecule has 1 saturated heterocycles. The normalized spacial score (nSPS) is 17.4. The quantitative estimate of drug-likeness (QED) is 0.906. The van der Waals surface area contributed by atoms with Gasteiger partial charge in [0.15, 0.2) is 0 Å². The molecule has 0 saturated carbocycles. The minimum Gasteiger partial charge on any atom is -0.397 e. The van der Waals surface area contributed by atoms with Crippen LogP contribution in [0.15, 0.2) is 18.3 Å². The van der Waals surface area contributed by atoms with E-state index in [1.165, 1.54) is 0 Å². The molecule has 20 heavy (non-hydrogen) atoms. The van der Waals surface area contributed by atoms with Crippen molar-refractivity contribution in [1.82, 2.24) is 9.88 Å². The lowest BCUT2D eigenvalue weighted by Gasteiger charge is -2.35. The number of anilines is 2. The van der Waals surface area contributed by atoms with E-state index in [-0.39, 0.29) is 13.2 Å². The zero-order valence-electron chi connectivity index (χ0n) is 10.9. The van der Waals surface area contributed by atoms with Crippen LogP contribution in [0, 0.1) is 0 Å². The third kappa shape index (κ3) is 4.53. The van der Waals surface area contributed by atoms with Gasteiger partial charge in [-0.05, 0) is 12.1 Å². The number of hydrogen-bond acceptors (Lipinski definition) is 5. The number of nitrogen functional groups attached to an aromatic ring is 1. The monoisotopic (exact) mass is 290 g/mol. The topological polar surface area (TPSA) is 54.6 Å². The third-order valence-electron chi connectivity index (χ3n) is 3.14. The highest BCUT2D eigenvalue weighted by Crippen LogP contribution is 2.17. The Morgan fingerprint density at radius 3 is 2.45 bits per heavy atom. The van der Waals surface area contributed by atoms with Gasteiger partial charge in [-0.1, -0.05) is 0 Å². The molecule has 2 heterocycles. The molecule has 0 aromatic carbocycles. The van der Waals surface area contributed by atoms with Crippen molar-refractivity contribution >= 4 is 11.5 Å². The van der Waals surface area contributed by atoms with Gasteiger partial charge in [0.2, 0.25) is 0 Å². The van der Waals surface area contributed by atoms with Crippen molar-refractivity contribution in [2.45, 2.75) is 6.36 Å². The van der Waals surface area contributed by atoms with Crippen molar-refractivity contribution in [1.29, 1.82) is 0 Å². The standard InChI is InChI=1S/C12H17F3N4O/c13-12(14,15)20-8-7-18-3-5-19(6-4-18)11-2-1-10(16)9-17-11/h1-2,9H,3-8,16H2. The smallest absolute Gasteiger partial charge is 0.397 e. The number of pyridine rings is 1. The van der Waals surface area contributed by atoms with Crippen LogP contribution in [0.25, 0.3) is 0 Å².